The first-order valence-electron chi connectivity index (χ1n) is 8.90. The number of aromatic nitrogens is 5. The van der Waals surface area contributed by atoms with E-state index in [1.165, 1.54) is 6.07 Å². The average Bonchev–Trinajstić information content (AvgIpc) is 3.31. The van der Waals surface area contributed by atoms with Crippen LogP contribution in [-0.2, 0) is 0 Å². The van der Waals surface area contributed by atoms with Gasteiger partial charge < -0.3 is 15.5 Å². The number of nitrogens with zero attached hydrogens (tertiary/aromatic N) is 5. The Bertz CT molecular complexity index is 1270. The van der Waals surface area contributed by atoms with Crippen LogP contribution >= 0.6 is 0 Å². The molecule has 4 N–H and O–H groups in total. The van der Waals surface area contributed by atoms with Crippen molar-refractivity contribution in [2.24, 2.45) is 4.99 Å². The Morgan fingerprint density at radius 2 is 2.00 bits per heavy atom. The molecule has 1 saturated carbocycles. The fourth-order valence-corrected chi connectivity index (χ4v) is 2.86. The highest BCUT2D eigenvalue weighted by Gasteiger charge is 2.20. The minimum Gasteiger partial charge on any atom is -0.494 e. The van der Waals surface area contributed by atoms with Gasteiger partial charge in [-0.1, -0.05) is 18.2 Å². The lowest BCUT2D eigenvalue weighted by atomic mass is 10.2. The first-order chi connectivity index (χ1) is 13.7. The molecule has 1 aromatic carbocycles. The maximum absolute atomic E-state index is 9.90. The highest BCUT2D eigenvalue weighted by Crippen LogP contribution is 2.23. The first-order valence-corrected chi connectivity index (χ1v) is 8.90. The Hall–Kier alpha value is -3.88. The van der Waals surface area contributed by atoms with Crippen molar-refractivity contribution in [1.29, 1.82) is 0 Å². The van der Waals surface area contributed by atoms with Crippen molar-refractivity contribution in [3.63, 3.8) is 0 Å². The molecule has 0 saturated heterocycles. The number of fused-ring (bicyclic) bond motifs is 1. The summed E-state index contributed by atoms with van der Waals surface area (Å²) >= 11 is 0. The van der Waals surface area contributed by atoms with Gasteiger partial charge in [0.25, 0.3) is 0 Å². The van der Waals surface area contributed by atoms with E-state index in [4.69, 9.17) is 0 Å². The lowest BCUT2D eigenvalue weighted by Crippen LogP contribution is -2.21. The number of para-hydroxylation sites is 1. The Kier molecular flexibility index (Phi) is 3.71. The van der Waals surface area contributed by atoms with E-state index in [1.54, 1.807) is 16.8 Å². The molecule has 3 aromatic heterocycles. The monoisotopic (exact) mass is 375 g/mol. The van der Waals surface area contributed by atoms with E-state index in [9.17, 15) is 10.2 Å². The van der Waals surface area contributed by atoms with Crippen LogP contribution in [0.2, 0.25) is 0 Å². The molecule has 1 fully saturated rings. The van der Waals surface area contributed by atoms with E-state index < -0.39 is 0 Å². The third-order valence-corrected chi connectivity index (χ3v) is 4.38. The molecule has 3 heterocycles. The summed E-state index contributed by atoms with van der Waals surface area (Å²) in [4.78, 5) is 16.1. The topological polar surface area (TPSA) is 124 Å². The molecule has 140 valence electrons. The fraction of sp³-hybridized carbons (Fsp3) is 0.158. The molecule has 28 heavy (non-hydrogen) atoms. The highest BCUT2D eigenvalue weighted by atomic mass is 16.3. The molecule has 0 aliphatic heterocycles. The second kappa shape index (κ2) is 6.38. The molecule has 0 unspecified atom stereocenters. The normalized spacial score (nSPS) is 15.4. The van der Waals surface area contributed by atoms with Crippen LogP contribution in [0.5, 0.6) is 11.8 Å². The zero-order valence-electron chi connectivity index (χ0n) is 14.7. The van der Waals surface area contributed by atoms with Gasteiger partial charge in [0.05, 0.1) is 12.2 Å². The lowest BCUT2D eigenvalue weighted by Gasteiger charge is -2.06. The van der Waals surface area contributed by atoms with Gasteiger partial charge in [0.1, 0.15) is 0 Å². The Morgan fingerprint density at radius 3 is 2.71 bits per heavy atom. The number of anilines is 2. The maximum atomic E-state index is 9.90. The SMILES string of the molecule is Oc1cc(C=c2cnn3c(Nc4ccccc4)nc(=NC4CC4)nc23)c(O)[nH]1. The number of aromatic hydroxyl groups is 2. The number of nitrogens with one attached hydrogen (secondary N) is 2. The maximum Gasteiger partial charge on any atom is 0.250 e. The molecule has 0 bridgehead atoms. The fourth-order valence-electron chi connectivity index (χ4n) is 2.86. The van der Waals surface area contributed by atoms with Gasteiger partial charge >= 0.3 is 0 Å². The van der Waals surface area contributed by atoms with Crippen molar-refractivity contribution >= 4 is 23.4 Å². The van der Waals surface area contributed by atoms with E-state index in [-0.39, 0.29) is 17.8 Å². The third kappa shape index (κ3) is 3.13. The van der Waals surface area contributed by atoms with E-state index in [0.29, 0.717) is 28.0 Å². The number of hydrogen-bond donors (Lipinski definition) is 4. The van der Waals surface area contributed by atoms with Crippen molar-refractivity contribution in [3.05, 3.63) is 59.0 Å². The van der Waals surface area contributed by atoms with Gasteiger partial charge in [0.15, 0.2) is 17.4 Å². The van der Waals surface area contributed by atoms with Crippen molar-refractivity contribution in [2.75, 3.05) is 5.32 Å². The van der Waals surface area contributed by atoms with Crippen LogP contribution in [0.25, 0.3) is 11.7 Å². The minimum absolute atomic E-state index is 0.120. The smallest absolute Gasteiger partial charge is 0.250 e. The quantitative estimate of drug-likeness (QED) is 0.425. The van der Waals surface area contributed by atoms with Gasteiger partial charge in [0, 0.05) is 22.5 Å². The van der Waals surface area contributed by atoms with Crippen molar-refractivity contribution < 1.29 is 10.2 Å². The summed E-state index contributed by atoms with van der Waals surface area (Å²) < 4.78 is 1.59. The van der Waals surface area contributed by atoms with Gasteiger partial charge in [0.2, 0.25) is 11.6 Å². The molecule has 0 atom stereocenters. The van der Waals surface area contributed by atoms with E-state index >= 15 is 0 Å². The summed E-state index contributed by atoms with van der Waals surface area (Å²) in [6.07, 6.45) is 5.41. The number of benzene rings is 1. The average molecular weight is 375 g/mol. The number of hydrogen-bond acceptors (Lipinski definition) is 7. The highest BCUT2D eigenvalue weighted by molar-refractivity contribution is 5.62. The summed E-state index contributed by atoms with van der Waals surface area (Å²) in [7, 11) is 0. The molecule has 9 nitrogen and oxygen atoms in total. The molecular formula is C19H17N7O2. The minimum atomic E-state index is -0.128. The van der Waals surface area contributed by atoms with Crippen LogP contribution in [0, 0.1) is 0 Å². The summed E-state index contributed by atoms with van der Waals surface area (Å²) in [5, 5.41) is 27.7. The zero-order chi connectivity index (χ0) is 19.1. The summed E-state index contributed by atoms with van der Waals surface area (Å²) in [6.45, 7) is 0. The van der Waals surface area contributed by atoms with E-state index in [2.05, 4.69) is 30.4 Å². The van der Waals surface area contributed by atoms with E-state index in [1.807, 2.05) is 30.3 Å². The molecular weight excluding hydrogens is 358 g/mol. The van der Waals surface area contributed by atoms with Crippen LogP contribution in [0.1, 0.15) is 18.4 Å². The molecule has 1 aliphatic rings. The number of rotatable bonds is 4. The predicted octanol–water partition coefficient (Wildman–Crippen LogP) is 1.22. The van der Waals surface area contributed by atoms with Crippen LogP contribution in [-0.4, -0.2) is 40.8 Å². The lowest BCUT2D eigenvalue weighted by molar-refractivity contribution is 0.425. The summed E-state index contributed by atoms with van der Waals surface area (Å²) in [5.74, 6) is 0.249. The Labute approximate surface area is 158 Å². The molecule has 1 aliphatic carbocycles. The van der Waals surface area contributed by atoms with Gasteiger partial charge in [-0.15, -0.1) is 0 Å². The Morgan fingerprint density at radius 1 is 1.18 bits per heavy atom. The third-order valence-electron chi connectivity index (χ3n) is 4.38. The standard InChI is InChI=1S/C19H17N7O2/c27-15-9-11(17(28)23-15)8-12-10-20-26-16(12)24-18(21-14-6-7-14)25-19(26)22-13-4-2-1-3-5-13/h1-5,8-10,14,23,27-28H,6-7H2,(H,21,22,25). The Balaban J connectivity index is 1.69. The van der Waals surface area contributed by atoms with Crippen LogP contribution < -0.4 is 16.2 Å². The predicted molar refractivity (Wildman–Crippen MR) is 102 cm³/mol. The van der Waals surface area contributed by atoms with Crippen molar-refractivity contribution in [1.82, 2.24) is 24.6 Å². The summed E-state index contributed by atoms with van der Waals surface area (Å²) in [6, 6.07) is 11.4. The largest absolute Gasteiger partial charge is 0.494 e. The van der Waals surface area contributed by atoms with Gasteiger partial charge in [-0.05, 0) is 31.1 Å². The van der Waals surface area contributed by atoms with Crippen LogP contribution in [0.15, 0.2) is 47.6 Å². The van der Waals surface area contributed by atoms with Gasteiger partial charge in [-0.3, -0.25) is 4.98 Å². The number of aromatic amines is 1. The van der Waals surface area contributed by atoms with Gasteiger partial charge in [-0.2, -0.15) is 19.6 Å². The molecule has 0 spiro atoms. The first kappa shape index (κ1) is 16.3. The van der Waals surface area contributed by atoms with Crippen LogP contribution in [0.4, 0.5) is 11.6 Å². The van der Waals surface area contributed by atoms with Gasteiger partial charge in [-0.25, -0.2) is 4.99 Å². The molecule has 4 aromatic rings. The van der Waals surface area contributed by atoms with Crippen molar-refractivity contribution in [2.45, 2.75) is 18.9 Å². The van der Waals surface area contributed by atoms with E-state index in [0.717, 1.165) is 18.5 Å². The molecule has 0 radical (unpaired) electrons. The molecule has 5 rings (SSSR count). The summed E-state index contributed by atoms with van der Waals surface area (Å²) in [5.41, 5.74) is 2.25. The number of H-pyrrole nitrogens is 1. The van der Waals surface area contributed by atoms with Crippen molar-refractivity contribution in [3.8, 4) is 11.8 Å². The molecule has 9 heteroatoms. The molecule has 0 amide bonds. The van der Waals surface area contributed by atoms with Crippen LogP contribution in [0.3, 0.4) is 0 Å². The second-order valence-electron chi connectivity index (χ2n) is 6.64. The zero-order valence-corrected chi connectivity index (χ0v) is 14.7. The second-order valence-corrected chi connectivity index (χ2v) is 6.64.